The first kappa shape index (κ1) is 8.98. The molecule has 2 heteroatoms. The Labute approximate surface area is 89.1 Å². The fraction of sp³-hybridized carbons (Fsp3) is 0.385. The molecular formula is C13H15NO. The molecule has 78 valence electrons. The van der Waals surface area contributed by atoms with Gasteiger partial charge in [-0.05, 0) is 43.4 Å². The number of fused-ring (bicyclic) bond motifs is 1. The first-order valence-electron chi connectivity index (χ1n) is 5.59. The third-order valence-corrected chi connectivity index (χ3v) is 3.14. The van der Waals surface area contributed by atoms with E-state index in [1.54, 1.807) is 0 Å². The standard InChI is InChI=1S/C13H15NO/c14-7-6-10-2-1-3-12-13(10)11(8-15-12)9-4-5-9/h1-3,8-9H,4-7,14H2. The summed E-state index contributed by atoms with van der Waals surface area (Å²) >= 11 is 0. The van der Waals surface area contributed by atoms with Crippen LogP contribution in [0.1, 0.15) is 29.9 Å². The van der Waals surface area contributed by atoms with Crippen LogP contribution in [-0.2, 0) is 6.42 Å². The van der Waals surface area contributed by atoms with Gasteiger partial charge < -0.3 is 10.2 Å². The van der Waals surface area contributed by atoms with Gasteiger partial charge in [-0.3, -0.25) is 0 Å². The minimum absolute atomic E-state index is 0.703. The molecule has 0 aliphatic heterocycles. The number of hydrogen-bond acceptors (Lipinski definition) is 2. The highest BCUT2D eigenvalue weighted by Crippen LogP contribution is 2.44. The van der Waals surface area contributed by atoms with Crippen LogP contribution >= 0.6 is 0 Å². The van der Waals surface area contributed by atoms with E-state index in [-0.39, 0.29) is 0 Å². The summed E-state index contributed by atoms with van der Waals surface area (Å²) in [6.45, 7) is 0.703. The van der Waals surface area contributed by atoms with E-state index in [0.29, 0.717) is 6.54 Å². The summed E-state index contributed by atoms with van der Waals surface area (Å²) in [5.74, 6) is 0.741. The minimum atomic E-state index is 0.703. The molecule has 1 saturated carbocycles. The Morgan fingerprint density at radius 1 is 1.33 bits per heavy atom. The van der Waals surface area contributed by atoms with Gasteiger partial charge in [0, 0.05) is 10.9 Å². The van der Waals surface area contributed by atoms with E-state index in [9.17, 15) is 0 Å². The highest BCUT2D eigenvalue weighted by atomic mass is 16.3. The molecule has 3 rings (SSSR count). The van der Waals surface area contributed by atoms with E-state index in [2.05, 4.69) is 6.07 Å². The fourth-order valence-electron chi connectivity index (χ4n) is 2.25. The highest BCUT2D eigenvalue weighted by Gasteiger charge is 2.27. The summed E-state index contributed by atoms with van der Waals surface area (Å²) < 4.78 is 5.60. The van der Waals surface area contributed by atoms with Crippen molar-refractivity contribution in [2.45, 2.75) is 25.2 Å². The largest absolute Gasteiger partial charge is 0.464 e. The molecule has 0 atom stereocenters. The second kappa shape index (κ2) is 3.38. The Balaban J connectivity index is 2.19. The number of benzene rings is 1. The Morgan fingerprint density at radius 3 is 2.93 bits per heavy atom. The molecule has 2 aromatic rings. The Kier molecular flexibility index (Phi) is 2.03. The lowest BCUT2D eigenvalue weighted by Gasteiger charge is -2.02. The zero-order chi connectivity index (χ0) is 10.3. The predicted molar refractivity (Wildman–Crippen MR) is 60.9 cm³/mol. The van der Waals surface area contributed by atoms with Gasteiger partial charge in [0.05, 0.1) is 6.26 Å². The maximum absolute atomic E-state index is 5.63. The van der Waals surface area contributed by atoms with Crippen molar-refractivity contribution in [1.82, 2.24) is 0 Å². The van der Waals surface area contributed by atoms with Crippen molar-refractivity contribution in [1.29, 1.82) is 0 Å². The van der Waals surface area contributed by atoms with E-state index in [1.807, 2.05) is 18.4 Å². The molecule has 0 spiro atoms. The summed E-state index contributed by atoms with van der Waals surface area (Å²) in [6.07, 6.45) is 5.50. The summed E-state index contributed by atoms with van der Waals surface area (Å²) in [4.78, 5) is 0. The van der Waals surface area contributed by atoms with Crippen molar-refractivity contribution in [2.75, 3.05) is 6.54 Å². The van der Waals surface area contributed by atoms with Crippen molar-refractivity contribution < 1.29 is 4.42 Å². The average molecular weight is 201 g/mol. The van der Waals surface area contributed by atoms with Gasteiger partial charge in [-0.15, -0.1) is 0 Å². The molecule has 0 radical (unpaired) electrons. The maximum atomic E-state index is 5.63. The van der Waals surface area contributed by atoms with Crippen LogP contribution in [0.25, 0.3) is 11.0 Å². The molecular weight excluding hydrogens is 186 g/mol. The van der Waals surface area contributed by atoms with Gasteiger partial charge in [-0.1, -0.05) is 12.1 Å². The van der Waals surface area contributed by atoms with Crippen LogP contribution in [0.15, 0.2) is 28.9 Å². The fourth-order valence-corrected chi connectivity index (χ4v) is 2.25. The molecule has 0 amide bonds. The molecule has 2 N–H and O–H groups in total. The van der Waals surface area contributed by atoms with E-state index in [0.717, 1.165) is 17.9 Å². The summed E-state index contributed by atoms with van der Waals surface area (Å²) in [7, 11) is 0. The molecule has 1 fully saturated rings. The molecule has 2 nitrogen and oxygen atoms in total. The zero-order valence-corrected chi connectivity index (χ0v) is 8.70. The predicted octanol–water partition coefficient (Wildman–Crippen LogP) is 2.81. The van der Waals surface area contributed by atoms with Crippen LogP contribution < -0.4 is 5.73 Å². The third-order valence-electron chi connectivity index (χ3n) is 3.14. The van der Waals surface area contributed by atoms with Gasteiger partial charge in [-0.2, -0.15) is 0 Å². The normalized spacial score (nSPS) is 16.1. The Bertz CT molecular complexity index is 482. The third kappa shape index (κ3) is 1.45. The molecule has 1 heterocycles. The topological polar surface area (TPSA) is 39.2 Å². The number of rotatable bonds is 3. The van der Waals surface area contributed by atoms with Gasteiger partial charge in [0.15, 0.2) is 0 Å². The van der Waals surface area contributed by atoms with Gasteiger partial charge in [-0.25, -0.2) is 0 Å². The lowest BCUT2D eigenvalue weighted by molar-refractivity contribution is 0.610. The number of nitrogens with two attached hydrogens (primary N) is 1. The number of furan rings is 1. The van der Waals surface area contributed by atoms with Gasteiger partial charge in [0.25, 0.3) is 0 Å². The lowest BCUT2D eigenvalue weighted by atomic mass is 10.0. The molecule has 1 aromatic heterocycles. The van der Waals surface area contributed by atoms with Crippen LogP contribution in [0.4, 0.5) is 0 Å². The van der Waals surface area contributed by atoms with Crippen LogP contribution in [0, 0.1) is 0 Å². The first-order valence-corrected chi connectivity index (χ1v) is 5.59. The second-order valence-electron chi connectivity index (χ2n) is 4.29. The second-order valence-corrected chi connectivity index (χ2v) is 4.29. The first-order chi connectivity index (χ1) is 7.40. The summed E-state index contributed by atoms with van der Waals surface area (Å²) in [5, 5.41) is 1.32. The Morgan fingerprint density at radius 2 is 2.20 bits per heavy atom. The Hall–Kier alpha value is -1.28. The molecule has 15 heavy (non-hydrogen) atoms. The monoisotopic (exact) mass is 201 g/mol. The van der Waals surface area contributed by atoms with Crippen molar-refractivity contribution >= 4 is 11.0 Å². The van der Waals surface area contributed by atoms with Crippen LogP contribution in [0.2, 0.25) is 0 Å². The van der Waals surface area contributed by atoms with Crippen molar-refractivity contribution in [3.05, 3.63) is 35.6 Å². The van der Waals surface area contributed by atoms with Crippen LogP contribution in [0.3, 0.4) is 0 Å². The van der Waals surface area contributed by atoms with Crippen molar-refractivity contribution in [3.8, 4) is 0 Å². The van der Waals surface area contributed by atoms with Crippen LogP contribution in [0.5, 0.6) is 0 Å². The summed E-state index contributed by atoms with van der Waals surface area (Å²) in [5.41, 5.74) is 9.38. The molecule has 0 saturated heterocycles. The van der Waals surface area contributed by atoms with Gasteiger partial charge >= 0.3 is 0 Å². The minimum Gasteiger partial charge on any atom is -0.464 e. The molecule has 1 aliphatic rings. The lowest BCUT2D eigenvalue weighted by Crippen LogP contribution is -2.03. The van der Waals surface area contributed by atoms with E-state index >= 15 is 0 Å². The molecule has 0 unspecified atom stereocenters. The van der Waals surface area contributed by atoms with Crippen molar-refractivity contribution in [2.24, 2.45) is 5.73 Å². The van der Waals surface area contributed by atoms with E-state index in [1.165, 1.54) is 29.4 Å². The SMILES string of the molecule is NCCc1cccc2occ(C3CC3)c12. The van der Waals surface area contributed by atoms with E-state index < -0.39 is 0 Å². The molecule has 1 aliphatic carbocycles. The van der Waals surface area contributed by atoms with Gasteiger partial charge in [0.1, 0.15) is 5.58 Å². The maximum Gasteiger partial charge on any atom is 0.134 e. The molecule has 0 bridgehead atoms. The smallest absolute Gasteiger partial charge is 0.134 e. The van der Waals surface area contributed by atoms with Crippen LogP contribution in [-0.4, -0.2) is 6.54 Å². The quantitative estimate of drug-likeness (QED) is 0.829. The zero-order valence-electron chi connectivity index (χ0n) is 8.70. The van der Waals surface area contributed by atoms with E-state index in [4.69, 9.17) is 10.2 Å². The average Bonchev–Trinajstić information content (AvgIpc) is 3.00. The number of hydrogen-bond donors (Lipinski definition) is 1. The van der Waals surface area contributed by atoms with Gasteiger partial charge in [0.2, 0.25) is 0 Å². The summed E-state index contributed by atoms with van der Waals surface area (Å²) in [6, 6.07) is 6.26. The molecule has 1 aromatic carbocycles. The van der Waals surface area contributed by atoms with Crippen molar-refractivity contribution in [3.63, 3.8) is 0 Å². The highest BCUT2D eigenvalue weighted by molar-refractivity contribution is 5.85.